The van der Waals surface area contributed by atoms with Gasteiger partial charge in [-0.3, -0.25) is 9.20 Å². The summed E-state index contributed by atoms with van der Waals surface area (Å²) in [6.45, 7) is 1.67. The highest BCUT2D eigenvalue weighted by molar-refractivity contribution is 5.87. The number of rotatable bonds is 4. The molecule has 0 N–H and O–H groups in total. The maximum absolute atomic E-state index is 12.5. The van der Waals surface area contributed by atoms with Crippen molar-refractivity contribution in [2.75, 3.05) is 0 Å². The van der Waals surface area contributed by atoms with E-state index in [0.717, 1.165) is 23.8 Å². The summed E-state index contributed by atoms with van der Waals surface area (Å²) in [6.07, 6.45) is -0.358. The van der Waals surface area contributed by atoms with Gasteiger partial charge in [-0.05, 0) is 48.4 Å². The summed E-state index contributed by atoms with van der Waals surface area (Å²) in [4.78, 5) is 28.1. The molecule has 0 aliphatic carbocycles. The third-order valence-corrected chi connectivity index (χ3v) is 3.89. The first-order valence-corrected chi connectivity index (χ1v) is 8.23. The van der Waals surface area contributed by atoms with Crippen LogP contribution in [0.15, 0.2) is 59.5 Å². The number of aromatic nitrogens is 2. The Hall–Kier alpha value is -3.42. The predicted molar refractivity (Wildman–Crippen MR) is 96.5 cm³/mol. The Balaban J connectivity index is 1.65. The van der Waals surface area contributed by atoms with Gasteiger partial charge >= 0.3 is 12.1 Å². The van der Waals surface area contributed by atoms with Crippen molar-refractivity contribution < 1.29 is 22.7 Å². The fraction of sp³-hybridized carbons (Fsp3) is 0.150. The number of halogens is 3. The Morgan fingerprint density at radius 1 is 1.18 bits per heavy atom. The van der Waals surface area contributed by atoms with E-state index in [1.54, 1.807) is 18.3 Å². The van der Waals surface area contributed by atoms with Crippen LogP contribution in [0.4, 0.5) is 13.2 Å². The molecule has 5 nitrogen and oxygen atoms in total. The molecule has 28 heavy (non-hydrogen) atoms. The van der Waals surface area contributed by atoms with Gasteiger partial charge in [0, 0.05) is 18.3 Å². The summed E-state index contributed by atoms with van der Waals surface area (Å²) in [7, 11) is 0. The van der Waals surface area contributed by atoms with Crippen LogP contribution >= 0.6 is 0 Å². The van der Waals surface area contributed by atoms with E-state index in [1.165, 1.54) is 28.7 Å². The first-order valence-electron chi connectivity index (χ1n) is 8.23. The lowest BCUT2D eigenvalue weighted by Gasteiger charge is -2.06. The predicted octanol–water partition coefficient (Wildman–Crippen LogP) is 3.78. The average molecular weight is 388 g/mol. The molecule has 0 unspecified atom stereocenters. The number of carbonyl (C=O) groups is 1. The lowest BCUT2D eigenvalue weighted by Crippen LogP contribution is -2.16. The number of carbonyl (C=O) groups excluding carboxylic acids is 1. The molecule has 0 amide bonds. The van der Waals surface area contributed by atoms with E-state index in [4.69, 9.17) is 4.74 Å². The van der Waals surface area contributed by atoms with Crippen LogP contribution < -0.4 is 5.56 Å². The largest absolute Gasteiger partial charge is 0.456 e. The summed E-state index contributed by atoms with van der Waals surface area (Å²) in [6, 6.07) is 9.15. The molecule has 0 radical (unpaired) electrons. The molecule has 0 fully saturated rings. The van der Waals surface area contributed by atoms with Gasteiger partial charge in [-0.2, -0.15) is 13.2 Å². The second-order valence-corrected chi connectivity index (χ2v) is 6.08. The fourth-order valence-corrected chi connectivity index (χ4v) is 2.47. The highest BCUT2D eigenvalue weighted by atomic mass is 19.4. The molecule has 3 aromatic rings. The van der Waals surface area contributed by atoms with Crippen LogP contribution in [0.3, 0.4) is 0 Å². The molecule has 8 heteroatoms. The van der Waals surface area contributed by atoms with E-state index < -0.39 is 17.7 Å². The summed E-state index contributed by atoms with van der Waals surface area (Å²) in [5.41, 5.74) is 1.03. The zero-order valence-corrected chi connectivity index (χ0v) is 14.7. The number of hydrogen-bond donors (Lipinski definition) is 0. The number of pyridine rings is 1. The highest BCUT2D eigenvalue weighted by Gasteiger charge is 2.29. The summed E-state index contributed by atoms with van der Waals surface area (Å²) >= 11 is 0. The minimum Gasteiger partial charge on any atom is -0.456 e. The minimum absolute atomic E-state index is 0.199. The van der Waals surface area contributed by atoms with E-state index in [9.17, 15) is 22.8 Å². The smallest absolute Gasteiger partial charge is 0.416 e. The maximum Gasteiger partial charge on any atom is 0.416 e. The van der Waals surface area contributed by atoms with Crippen LogP contribution in [0.25, 0.3) is 11.7 Å². The summed E-state index contributed by atoms with van der Waals surface area (Å²) < 4.78 is 44.0. The lowest BCUT2D eigenvalue weighted by atomic mass is 10.1. The Bertz CT molecular complexity index is 1100. The number of hydrogen-bond acceptors (Lipinski definition) is 4. The van der Waals surface area contributed by atoms with Gasteiger partial charge in [0.25, 0.3) is 5.56 Å². The number of esters is 1. The van der Waals surface area contributed by atoms with Crippen molar-refractivity contribution in [2.24, 2.45) is 0 Å². The number of benzene rings is 1. The van der Waals surface area contributed by atoms with Crippen molar-refractivity contribution in [3.05, 3.63) is 87.5 Å². The van der Waals surface area contributed by atoms with Crippen LogP contribution in [0.1, 0.15) is 22.4 Å². The van der Waals surface area contributed by atoms with Gasteiger partial charge in [-0.15, -0.1) is 0 Å². The summed E-state index contributed by atoms with van der Waals surface area (Å²) in [5, 5.41) is 0. The van der Waals surface area contributed by atoms with Crippen molar-refractivity contribution in [1.82, 2.24) is 9.38 Å². The zero-order chi connectivity index (χ0) is 20.3. The first-order chi connectivity index (χ1) is 13.2. The third-order valence-electron chi connectivity index (χ3n) is 3.89. The zero-order valence-electron chi connectivity index (χ0n) is 14.7. The number of alkyl halides is 3. The number of fused-ring (bicyclic) bond motifs is 1. The van der Waals surface area contributed by atoms with Crippen molar-refractivity contribution in [2.45, 2.75) is 19.7 Å². The standard InChI is InChI=1S/C20H15F3N2O3/c1-13-8-9-25-17(10-13)24-16(11-18(25)26)12-28-19(27)7-4-14-2-5-15(6-3-14)20(21,22)23/h2-11H,12H2,1H3/b7-4+. The van der Waals surface area contributed by atoms with Gasteiger partial charge < -0.3 is 4.74 Å². The second-order valence-electron chi connectivity index (χ2n) is 6.08. The van der Waals surface area contributed by atoms with Crippen LogP contribution in [0.2, 0.25) is 0 Å². The van der Waals surface area contributed by atoms with Crippen LogP contribution in [-0.2, 0) is 22.3 Å². The van der Waals surface area contributed by atoms with Crippen LogP contribution in [0, 0.1) is 6.92 Å². The maximum atomic E-state index is 12.5. The molecule has 0 aliphatic rings. The minimum atomic E-state index is -4.41. The number of aryl methyl sites for hydroxylation is 1. The molecule has 144 valence electrons. The quantitative estimate of drug-likeness (QED) is 0.504. The highest BCUT2D eigenvalue weighted by Crippen LogP contribution is 2.29. The van der Waals surface area contributed by atoms with Gasteiger partial charge in [-0.1, -0.05) is 12.1 Å². The summed E-state index contributed by atoms with van der Waals surface area (Å²) in [5.74, 6) is -0.703. The first kappa shape index (κ1) is 19.3. The Morgan fingerprint density at radius 3 is 2.57 bits per heavy atom. The molecule has 0 saturated heterocycles. The normalized spacial score (nSPS) is 11.9. The molecule has 0 spiro atoms. The monoisotopic (exact) mass is 388 g/mol. The number of nitrogens with zero attached hydrogens (tertiary/aromatic N) is 2. The topological polar surface area (TPSA) is 60.7 Å². The van der Waals surface area contributed by atoms with Crippen molar-refractivity contribution in [1.29, 1.82) is 0 Å². The Labute approximate surface area is 157 Å². The Kier molecular flexibility index (Phi) is 5.30. The molecule has 0 saturated carbocycles. The van der Waals surface area contributed by atoms with E-state index in [0.29, 0.717) is 16.9 Å². The molecule has 0 bridgehead atoms. The van der Waals surface area contributed by atoms with Crippen LogP contribution in [-0.4, -0.2) is 15.4 Å². The fourth-order valence-electron chi connectivity index (χ4n) is 2.47. The van der Waals surface area contributed by atoms with Crippen molar-refractivity contribution in [3.63, 3.8) is 0 Å². The molecule has 3 rings (SSSR count). The number of ether oxygens (including phenoxy) is 1. The molecule has 1 aromatic carbocycles. The van der Waals surface area contributed by atoms with Gasteiger partial charge in [0.05, 0.1) is 11.3 Å². The van der Waals surface area contributed by atoms with E-state index >= 15 is 0 Å². The van der Waals surface area contributed by atoms with Gasteiger partial charge in [-0.25, -0.2) is 9.78 Å². The van der Waals surface area contributed by atoms with Crippen molar-refractivity contribution in [3.8, 4) is 0 Å². The molecule has 2 aromatic heterocycles. The third kappa shape index (κ3) is 4.64. The SMILES string of the molecule is Cc1ccn2c(=O)cc(COC(=O)/C=C/c3ccc(C(F)(F)F)cc3)nc2c1. The van der Waals surface area contributed by atoms with E-state index in [2.05, 4.69) is 4.98 Å². The van der Waals surface area contributed by atoms with E-state index in [-0.39, 0.29) is 12.2 Å². The van der Waals surface area contributed by atoms with Crippen molar-refractivity contribution >= 4 is 17.7 Å². The lowest BCUT2D eigenvalue weighted by molar-refractivity contribution is -0.139. The van der Waals surface area contributed by atoms with Crippen LogP contribution in [0.5, 0.6) is 0 Å². The molecule has 0 aliphatic heterocycles. The molecule has 0 atom stereocenters. The average Bonchev–Trinajstić information content (AvgIpc) is 2.64. The van der Waals surface area contributed by atoms with Gasteiger partial charge in [0.15, 0.2) is 0 Å². The van der Waals surface area contributed by atoms with E-state index in [1.807, 2.05) is 6.92 Å². The molecular weight excluding hydrogens is 373 g/mol. The second kappa shape index (κ2) is 7.67. The van der Waals surface area contributed by atoms with Gasteiger partial charge in [0.2, 0.25) is 0 Å². The van der Waals surface area contributed by atoms with Gasteiger partial charge in [0.1, 0.15) is 12.3 Å². The molecular formula is C20H15F3N2O3. The Morgan fingerprint density at radius 2 is 1.89 bits per heavy atom. The molecule has 2 heterocycles.